The van der Waals surface area contributed by atoms with Gasteiger partial charge in [-0.3, -0.25) is 4.79 Å². The molecular formula is C20H31N2O2Y-. The van der Waals surface area contributed by atoms with Crippen LogP contribution in [0.3, 0.4) is 0 Å². The maximum atomic E-state index is 12.8. The first kappa shape index (κ1) is 26.2. The summed E-state index contributed by atoms with van der Waals surface area (Å²) in [6.07, 6.45) is 0. The Balaban J connectivity index is 0. The maximum absolute atomic E-state index is 12.8. The smallest absolute Gasteiger partial charge is 0.278 e. The molecule has 0 spiro atoms. The van der Waals surface area contributed by atoms with E-state index in [4.69, 9.17) is 4.74 Å². The van der Waals surface area contributed by atoms with Crippen LogP contribution in [0.1, 0.15) is 39.0 Å². The molecule has 0 unspecified atom stereocenters. The molecule has 0 bridgehead atoms. The fraction of sp³-hybridized carbons (Fsp3) is 0.450. The van der Waals surface area contributed by atoms with Crippen molar-refractivity contribution < 1.29 is 37.4 Å². The van der Waals surface area contributed by atoms with Crippen molar-refractivity contribution in [2.75, 3.05) is 7.11 Å². The SMILES string of the molecule is CC.COc1c(C)nn(CC(C)C)c(=O)c1-c1ccccc1C.[CH3-].[Y]. The zero-order valence-corrected chi connectivity index (χ0v) is 19.7. The molecule has 0 aliphatic heterocycles. The van der Waals surface area contributed by atoms with E-state index in [1.165, 1.54) is 0 Å². The van der Waals surface area contributed by atoms with E-state index in [-0.39, 0.29) is 45.7 Å². The Kier molecular flexibility index (Phi) is 13.0. The Morgan fingerprint density at radius 1 is 1.16 bits per heavy atom. The van der Waals surface area contributed by atoms with Crippen LogP contribution in [-0.2, 0) is 39.3 Å². The number of aryl methyl sites for hydroxylation is 2. The summed E-state index contributed by atoms with van der Waals surface area (Å²) in [6.45, 7) is 12.6. The van der Waals surface area contributed by atoms with Gasteiger partial charge in [0.25, 0.3) is 5.56 Å². The molecule has 2 rings (SSSR count). The van der Waals surface area contributed by atoms with Gasteiger partial charge >= 0.3 is 0 Å². The van der Waals surface area contributed by atoms with E-state index < -0.39 is 0 Å². The van der Waals surface area contributed by atoms with Crippen molar-refractivity contribution in [2.45, 2.75) is 48.1 Å². The molecule has 0 amide bonds. The summed E-state index contributed by atoms with van der Waals surface area (Å²) in [5, 5.41) is 4.38. The second kappa shape index (κ2) is 12.4. The Morgan fingerprint density at radius 2 is 1.72 bits per heavy atom. The number of hydrogen-bond acceptors (Lipinski definition) is 3. The van der Waals surface area contributed by atoms with Gasteiger partial charge in [-0.25, -0.2) is 4.68 Å². The molecule has 137 valence electrons. The van der Waals surface area contributed by atoms with E-state index in [0.717, 1.165) is 16.8 Å². The predicted octanol–water partition coefficient (Wildman–Crippen LogP) is 4.67. The summed E-state index contributed by atoms with van der Waals surface area (Å²) in [5.74, 6) is 0.919. The van der Waals surface area contributed by atoms with Gasteiger partial charge in [-0.05, 0) is 30.9 Å². The first-order valence-electron chi connectivity index (χ1n) is 8.17. The van der Waals surface area contributed by atoms with Crippen LogP contribution in [0.15, 0.2) is 29.1 Å². The van der Waals surface area contributed by atoms with E-state index >= 15 is 0 Å². The minimum atomic E-state index is -0.0968. The van der Waals surface area contributed by atoms with Gasteiger partial charge in [0.1, 0.15) is 5.69 Å². The minimum Gasteiger partial charge on any atom is -0.494 e. The van der Waals surface area contributed by atoms with E-state index in [1.54, 1.807) is 11.8 Å². The molecular weight excluding hydrogens is 389 g/mol. The van der Waals surface area contributed by atoms with Gasteiger partial charge in [0.15, 0.2) is 5.75 Å². The predicted molar refractivity (Wildman–Crippen MR) is 103 cm³/mol. The fourth-order valence-electron chi connectivity index (χ4n) is 2.49. The monoisotopic (exact) mass is 420 g/mol. The van der Waals surface area contributed by atoms with Crippen LogP contribution in [0.2, 0.25) is 0 Å². The largest absolute Gasteiger partial charge is 0.494 e. The molecule has 0 aliphatic carbocycles. The molecule has 1 radical (unpaired) electrons. The van der Waals surface area contributed by atoms with E-state index in [2.05, 4.69) is 18.9 Å². The molecule has 2 aromatic rings. The van der Waals surface area contributed by atoms with Gasteiger partial charge in [-0.1, -0.05) is 52.0 Å². The van der Waals surface area contributed by atoms with Gasteiger partial charge in [0.2, 0.25) is 0 Å². The van der Waals surface area contributed by atoms with Crippen molar-refractivity contribution in [3.05, 3.63) is 53.3 Å². The Bertz CT molecular complexity index is 709. The third kappa shape index (κ3) is 6.34. The third-order valence-corrected chi connectivity index (χ3v) is 3.43. The standard InChI is InChI=1S/C17H22N2O2.C2H6.CH3.Y/c1-11(2)10-19-17(20)15(16(21-5)13(4)18-19)14-9-7-6-8-12(14)3;1-2;;/h6-9,11H,10H2,1-5H3;1-2H3;1H3;/q;;-1;. The van der Waals surface area contributed by atoms with E-state index in [9.17, 15) is 4.79 Å². The molecule has 1 heterocycles. The van der Waals surface area contributed by atoms with Crippen molar-refractivity contribution in [3.63, 3.8) is 0 Å². The fourth-order valence-corrected chi connectivity index (χ4v) is 2.49. The Hall–Kier alpha value is -0.996. The van der Waals surface area contributed by atoms with Crippen molar-refractivity contribution in [2.24, 2.45) is 5.92 Å². The van der Waals surface area contributed by atoms with Crippen LogP contribution >= 0.6 is 0 Å². The molecule has 0 aliphatic rings. The quantitative estimate of drug-likeness (QED) is 0.676. The molecule has 5 heteroatoms. The number of aromatic nitrogens is 2. The molecule has 1 aromatic heterocycles. The number of benzene rings is 1. The van der Waals surface area contributed by atoms with Crippen molar-refractivity contribution in [1.82, 2.24) is 9.78 Å². The molecule has 0 saturated carbocycles. The molecule has 4 nitrogen and oxygen atoms in total. The summed E-state index contributed by atoms with van der Waals surface area (Å²) in [6, 6.07) is 7.85. The minimum absolute atomic E-state index is 0. The van der Waals surface area contributed by atoms with Crippen molar-refractivity contribution in [1.29, 1.82) is 0 Å². The molecule has 0 N–H and O–H groups in total. The van der Waals surface area contributed by atoms with Crippen molar-refractivity contribution >= 4 is 0 Å². The van der Waals surface area contributed by atoms with Crippen LogP contribution in [0.4, 0.5) is 0 Å². The average Bonchev–Trinajstić information content (AvgIpc) is 2.52. The first-order chi connectivity index (χ1) is 11.0. The van der Waals surface area contributed by atoms with Gasteiger partial charge in [-0.15, -0.1) is 0 Å². The molecule has 1 aromatic carbocycles. The second-order valence-corrected chi connectivity index (χ2v) is 5.69. The van der Waals surface area contributed by atoms with Crippen LogP contribution in [0.5, 0.6) is 5.75 Å². The summed E-state index contributed by atoms with van der Waals surface area (Å²) in [7, 11) is 1.58. The topological polar surface area (TPSA) is 44.1 Å². The number of ether oxygens (including phenoxy) is 1. The molecule has 0 fully saturated rings. The van der Waals surface area contributed by atoms with Crippen LogP contribution in [0, 0.1) is 27.2 Å². The molecule has 25 heavy (non-hydrogen) atoms. The Morgan fingerprint density at radius 3 is 2.20 bits per heavy atom. The van der Waals surface area contributed by atoms with Gasteiger partial charge in [-0.2, -0.15) is 5.10 Å². The zero-order valence-electron chi connectivity index (χ0n) is 16.9. The zero-order chi connectivity index (χ0) is 17.6. The Labute approximate surface area is 177 Å². The average molecular weight is 420 g/mol. The second-order valence-electron chi connectivity index (χ2n) is 5.69. The number of hydrogen-bond donors (Lipinski definition) is 0. The molecule has 0 saturated heterocycles. The first-order valence-corrected chi connectivity index (χ1v) is 8.17. The summed E-state index contributed by atoms with van der Waals surface area (Å²) < 4.78 is 7.00. The van der Waals surface area contributed by atoms with Crippen LogP contribution < -0.4 is 10.3 Å². The van der Waals surface area contributed by atoms with Crippen molar-refractivity contribution in [3.8, 4) is 16.9 Å². The van der Waals surface area contributed by atoms with Crippen LogP contribution in [-0.4, -0.2) is 16.9 Å². The summed E-state index contributed by atoms with van der Waals surface area (Å²) >= 11 is 0. The maximum Gasteiger partial charge on any atom is 0.278 e. The van der Waals surface area contributed by atoms with Gasteiger partial charge in [0, 0.05) is 39.3 Å². The van der Waals surface area contributed by atoms with Gasteiger partial charge < -0.3 is 12.2 Å². The summed E-state index contributed by atoms with van der Waals surface area (Å²) in [4.78, 5) is 12.8. The number of nitrogens with zero attached hydrogens (tertiary/aromatic N) is 2. The normalized spacial score (nSPS) is 9.44. The number of methoxy groups -OCH3 is 1. The van der Waals surface area contributed by atoms with E-state index in [0.29, 0.717) is 23.8 Å². The molecule has 0 atom stereocenters. The summed E-state index contributed by atoms with van der Waals surface area (Å²) in [5.41, 5.74) is 3.19. The van der Waals surface area contributed by atoms with Crippen LogP contribution in [0.25, 0.3) is 11.1 Å². The van der Waals surface area contributed by atoms with E-state index in [1.807, 2.05) is 52.0 Å². The third-order valence-electron chi connectivity index (χ3n) is 3.43. The number of rotatable bonds is 4. The van der Waals surface area contributed by atoms with Gasteiger partial charge in [0.05, 0.1) is 12.7 Å².